The van der Waals surface area contributed by atoms with E-state index in [-0.39, 0.29) is 4.92 Å². The molecule has 0 heterocycles. The molecule has 29 heavy (non-hydrogen) atoms. The monoisotopic (exact) mass is 421 g/mol. The van der Waals surface area contributed by atoms with Crippen molar-refractivity contribution in [2.75, 3.05) is 0 Å². The lowest BCUT2D eigenvalue weighted by Crippen LogP contribution is -2.29. The molecule has 3 nitrogen and oxygen atoms in total. The lowest BCUT2D eigenvalue weighted by molar-refractivity contribution is -0.511. The van der Waals surface area contributed by atoms with Crippen molar-refractivity contribution in [2.45, 2.75) is 12.0 Å². The number of nitro groups is 1. The number of allylic oxidation sites excluding steroid dienone is 2. The molecule has 0 amide bonds. The number of hydrogen-bond donors (Lipinski definition) is 0. The zero-order valence-electron chi connectivity index (χ0n) is 15.3. The van der Waals surface area contributed by atoms with Gasteiger partial charge in [-0.2, -0.15) is 0 Å². The molecule has 3 aromatic carbocycles. The summed E-state index contributed by atoms with van der Waals surface area (Å²) >= 11 is 12.4. The molecular weight excluding hydrogens is 405 g/mol. The van der Waals surface area contributed by atoms with Gasteiger partial charge in [0.15, 0.2) is 0 Å². The van der Waals surface area contributed by atoms with Crippen LogP contribution in [0.2, 0.25) is 10.0 Å². The van der Waals surface area contributed by atoms with Crippen molar-refractivity contribution in [1.82, 2.24) is 0 Å². The highest BCUT2D eigenvalue weighted by Crippen LogP contribution is 2.43. The average Bonchev–Trinajstić information content (AvgIpc) is 2.73. The van der Waals surface area contributed by atoms with Gasteiger partial charge in [-0.1, -0.05) is 77.8 Å². The van der Waals surface area contributed by atoms with Gasteiger partial charge < -0.3 is 0 Å². The maximum Gasteiger partial charge on any atom is 0.242 e. The Morgan fingerprint density at radius 2 is 1.45 bits per heavy atom. The molecule has 0 saturated carbocycles. The maximum atomic E-state index is 12.1. The van der Waals surface area contributed by atoms with Crippen molar-refractivity contribution in [3.63, 3.8) is 0 Å². The van der Waals surface area contributed by atoms with Crippen LogP contribution in [0.15, 0.2) is 91.0 Å². The van der Waals surface area contributed by atoms with Gasteiger partial charge in [-0.3, -0.25) is 10.1 Å². The van der Waals surface area contributed by atoms with Gasteiger partial charge in [0.25, 0.3) is 0 Å². The van der Waals surface area contributed by atoms with E-state index >= 15 is 0 Å². The molecule has 144 valence electrons. The molecule has 4 rings (SSSR count). The van der Waals surface area contributed by atoms with Gasteiger partial charge in [-0.05, 0) is 64.3 Å². The fourth-order valence-corrected chi connectivity index (χ4v) is 4.16. The van der Waals surface area contributed by atoms with Crippen molar-refractivity contribution in [2.24, 2.45) is 0 Å². The Morgan fingerprint density at radius 3 is 2.10 bits per heavy atom. The van der Waals surface area contributed by atoms with Crippen LogP contribution < -0.4 is 0 Å². The lowest BCUT2D eigenvalue weighted by Gasteiger charge is -2.27. The summed E-state index contributed by atoms with van der Waals surface area (Å²) in [5.74, 6) is -0.450. The molecule has 5 heteroatoms. The summed E-state index contributed by atoms with van der Waals surface area (Å²) < 4.78 is 0. The third-order valence-corrected chi connectivity index (χ3v) is 5.52. The van der Waals surface area contributed by atoms with E-state index < -0.39 is 12.0 Å². The molecule has 0 N–H and O–H groups in total. The molecule has 2 atom stereocenters. The van der Waals surface area contributed by atoms with Crippen LogP contribution in [-0.2, 0) is 0 Å². The molecule has 3 aromatic rings. The van der Waals surface area contributed by atoms with Gasteiger partial charge in [0.05, 0.1) is 5.92 Å². The summed E-state index contributed by atoms with van der Waals surface area (Å²) in [5.41, 5.74) is 4.27. The van der Waals surface area contributed by atoms with Gasteiger partial charge in [0.2, 0.25) is 6.04 Å². The van der Waals surface area contributed by atoms with Gasteiger partial charge in [0.1, 0.15) is 0 Å². The summed E-state index contributed by atoms with van der Waals surface area (Å²) in [5, 5.41) is 13.3. The molecular formula is C24H17Cl2NO2. The van der Waals surface area contributed by atoms with Crippen LogP contribution in [0.1, 0.15) is 22.6 Å². The Morgan fingerprint density at radius 1 is 0.793 bits per heavy atom. The van der Waals surface area contributed by atoms with Crippen LogP contribution in [0.5, 0.6) is 0 Å². The van der Waals surface area contributed by atoms with Crippen molar-refractivity contribution in [1.29, 1.82) is 0 Å². The molecule has 0 bridgehead atoms. The molecule has 1 aliphatic rings. The lowest BCUT2D eigenvalue weighted by atomic mass is 9.76. The zero-order valence-corrected chi connectivity index (χ0v) is 16.8. The highest BCUT2D eigenvalue weighted by molar-refractivity contribution is 6.31. The highest BCUT2D eigenvalue weighted by atomic mass is 35.5. The SMILES string of the molecule is O=[N+]([O-])C1C=C(c2cccc(Cl)c2)C=C(c2ccccc2)[C@@H]1c1cccc(Cl)c1. The number of nitrogens with zero attached hydrogens (tertiary/aromatic N) is 1. The average molecular weight is 422 g/mol. The summed E-state index contributed by atoms with van der Waals surface area (Å²) in [4.78, 5) is 11.9. The van der Waals surface area contributed by atoms with Gasteiger partial charge >= 0.3 is 0 Å². The highest BCUT2D eigenvalue weighted by Gasteiger charge is 2.37. The van der Waals surface area contributed by atoms with Crippen LogP contribution in [0.3, 0.4) is 0 Å². The minimum atomic E-state index is -0.928. The Bertz CT molecular complexity index is 1120. The summed E-state index contributed by atoms with van der Waals surface area (Å²) in [6, 6.07) is 23.5. The van der Waals surface area contributed by atoms with Crippen molar-refractivity contribution in [3.05, 3.63) is 128 Å². The van der Waals surface area contributed by atoms with E-state index in [9.17, 15) is 10.1 Å². The number of halogens is 2. The molecule has 0 spiro atoms. The fraction of sp³-hybridized carbons (Fsp3) is 0.0833. The minimum Gasteiger partial charge on any atom is -0.264 e. The van der Waals surface area contributed by atoms with Crippen molar-refractivity contribution in [3.8, 4) is 0 Å². The molecule has 1 aliphatic carbocycles. The van der Waals surface area contributed by atoms with Crippen LogP contribution >= 0.6 is 23.2 Å². The first kappa shape index (κ1) is 19.4. The normalized spacial score (nSPS) is 18.7. The van der Waals surface area contributed by atoms with E-state index in [0.29, 0.717) is 10.0 Å². The molecule has 1 unspecified atom stereocenters. The first-order chi connectivity index (χ1) is 14.0. The van der Waals surface area contributed by atoms with Crippen molar-refractivity contribution >= 4 is 34.3 Å². The number of hydrogen-bond acceptors (Lipinski definition) is 2. The fourth-order valence-electron chi connectivity index (χ4n) is 3.77. The summed E-state index contributed by atoms with van der Waals surface area (Å²) in [6.07, 6.45) is 3.73. The predicted molar refractivity (Wildman–Crippen MR) is 119 cm³/mol. The van der Waals surface area contributed by atoms with E-state index in [1.165, 1.54) is 0 Å². The standard InChI is InChI=1S/C24H17Cl2NO2/c25-20-10-4-8-17(12-20)19-14-22(16-6-2-1-3-7-16)24(23(15-19)27(28)29)18-9-5-11-21(26)13-18/h1-15,23-24H/t23?,24-/m0/s1. The largest absolute Gasteiger partial charge is 0.264 e. The van der Waals surface area contributed by atoms with E-state index in [0.717, 1.165) is 27.8 Å². The first-order valence-electron chi connectivity index (χ1n) is 9.16. The van der Waals surface area contributed by atoms with Crippen LogP contribution in [0, 0.1) is 10.1 Å². The number of benzene rings is 3. The van der Waals surface area contributed by atoms with Crippen LogP contribution in [0.25, 0.3) is 11.1 Å². The van der Waals surface area contributed by atoms with Gasteiger partial charge in [-0.25, -0.2) is 0 Å². The second-order valence-electron chi connectivity index (χ2n) is 6.91. The molecule has 0 saturated heterocycles. The van der Waals surface area contributed by atoms with E-state index in [2.05, 4.69) is 0 Å². The van der Waals surface area contributed by atoms with Crippen molar-refractivity contribution < 1.29 is 4.92 Å². The Kier molecular flexibility index (Phi) is 5.52. The third kappa shape index (κ3) is 4.12. The smallest absolute Gasteiger partial charge is 0.242 e. The summed E-state index contributed by atoms with van der Waals surface area (Å²) in [7, 11) is 0. The summed E-state index contributed by atoms with van der Waals surface area (Å²) in [6.45, 7) is 0. The molecule has 0 fully saturated rings. The third-order valence-electron chi connectivity index (χ3n) is 5.05. The first-order valence-corrected chi connectivity index (χ1v) is 9.92. The Balaban J connectivity index is 1.93. The van der Waals surface area contributed by atoms with E-state index in [1.54, 1.807) is 24.3 Å². The Hall–Kier alpha value is -2.88. The Labute approximate surface area is 179 Å². The molecule has 0 aliphatic heterocycles. The quantitative estimate of drug-likeness (QED) is 0.339. The predicted octanol–water partition coefficient (Wildman–Crippen LogP) is 6.90. The number of rotatable bonds is 4. The molecule has 0 aromatic heterocycles. The molecule has 0 radical (unpaired) electrons. The van der Waals surface area contributed by atoms with Crippen LogP contribution in [-0.4, -0.2) is 11.0 Å². The minimum absolute atomic E-state index is 0.230. The zero-order chi connectivity index (χ0) is 20.4. The second kappa shape index (κ2) is 8.24. The van der Waals surface area contributed by atoms with Gasteiger partial charge in [0, 0.05) is 15.0 Å². The second-order valence-corrected chi connectivity index (χ2v) is 7.78. The van der Waals surface area contributed by atoms with E-state index in [1.807, 2.05) is 66.7 Å². The topological polar surface area (TPSA) is 43.1 Å². The van der Waals surface area contributed by atoms with Crippen LogP contribution in [0.4, 0.5) is 0 Å². The van der Waals surface area contributed by atoms with E-state index in [4.69, 9.17) is 23.2 Å². The van der Waals surface area contributed by atoms with Gasteiger partial charge in [-0.15, -0.1) is 0 Å². The maximum absolute atomic E-state index is 12.1.